The molecule has 0 spiro atoms. The van der Waals surface area contributed by atoms with Crippen molar-refractivity contribution in [1.29, 1.82) is 0 Å². The lowest BCUT2D eigenvalue weighted by Crippen LogP contribution is -2.20. The maximum absolute atomic E-state index is 10.8. The zero-order valence-electron chi connectivity index (χ0n) is 60.6. The fourth-order valence-electron chi connectivity index (χ4n) is 3.50. The standard InChI is InChI=1S/C10H13NO2S2.C10H12O3S2.2C7H6S.C5H11NO2S2.C5H10O3S2.2C2H4S.4C2H6S.4CO2.4CH3/c1-11-10(12)13-7-8-3-5-9(6-4-8)15-14-2;1-12-10(11)13-7-8-3-5-9(6-4-8)15-14-2;2*1-6-2-4-7(8)5-3-6;1-6-5(7)8-3-4-10-9-2;1-7-5(6)8-3-4-10-9-2;2*1-2-3-1;4*1-3-2;4*2-1-3;;;;/h3-6H,7H2,1-2H3,(H,11,12);3-6H,7H2,1-2H3;2*2-5H,1H2;3-4H2,1-2H3,(H,6,7);3-4H2,1-2H3;2*1-2H2;4*1-2H3;;;;;4*1H3/q;;;;;;;;;;;;;;;;4*-1. The Labute approximate surface area is 666 Å². The number of thiocarbonyl (C=S) groups is 2. The van der Waals surface area contributed by atoms with Gasteiger partial charge in [-0.1, -0.05) is 173 Å². The number of ether oxygens (including phenoxy) is 6. The monoisotopic (exact) mass is 1700 g/mol. The molecule has 0 atom stereocenters. The summed E-state index contributed by atoms with van der Waals surface area (Å²) < 4.78 is 27.6. The Balaban J connectivity index is -0.0000000683. The van der Waals surface area contributed by atoms with Crippen LogP contribution < -0.4 is 10.6 Å². The third kappa shape index (κ3) is 149. The molecule has 0 bridgehead atoms. The van der Waals surface area contributed by atoms with E-state index in [2.05, 4.69) is 38.0 Å². The van der Waals surface area contributed by atoms with Crippen LogP contribution in [0.15, 0.2) is 131 Å². The molecular weight excluding hydrogens is 1600 g/mol. The largest absolute Gasteiger partial charge is 0.508 e. The number of allylic oxidation sites excluding steroid dienone is 10. The lowest BCUT2D eigenvalue weighted by atomic mass is 10.1. The van der Waals surface area contributed by atoms with E-state index in [1.165, 1.54) is 47.0 Å². The molecule has 2 heterocycles. The van der Waals surface area contributed by atoms with Crippen LogP contribution in [0.4, 0.5) is 19.2 Å². The highest BCUT2D eigenvalue weighted by Crippen LogP contribution is 2.29. The van der Waals surface area contributed by atoms with Gasteiger partial charge in [0.1, 0.15) is 26.4 Å². The fraction of sp³-hybridized carbons (Fsp3) is 0.406. The number of carbonyl (C=O) groups is 4. The van der Waals surface area contributed by atoms with Gasteiger partial charge >= 0.3 is 49.1 Å². The summed E-state index contributed by atoms with van der Waals surface area (Å²) in [4.78, 5) is 111. The van der Waals surface area contributed by atoms with Crippen molar-refractivity contribution in [1.82, 2.24) is 10.6 Å². The number of carbonyl (C=O) groups excluding carboxylic acids is 12. The predicted molar refractivity (Wildman–Crippen MR) is 457 cm³/mol. The molecule has 20 nitrogen and oxygen atoms in total. The lowest BCUT2D eigenvalue weighted by molar-refractivity contribution is -0.193. The highest BCUT2D eigenvalue weighted by Gasteiger charge is 2.03. The summed E-state index contributed by atoms with van der Waals surface area (Å²) in [6.07, 6.45) is 38.4. The third-order valence-corrected chi connectivity index (χ3v) is 15.3. The van der Waals surface area contributed by atoms with Crippen LogP contribution in [0.1, 0.15) is 11.1 Å². The summed E-state index contributed by atoms with van der Waals surface area (Å²) in [6.45, 7) is 8.88. The van der Waals surface area contributed by atoms with Gasteiger partial charge in [-0.2, -0.15) is 109 Å². The second-order valence-electron chi connectivity index (χ2n) is 14.5. The number of alkyl carbamates (subject to hydrolysis) is 2. The van der Waals surface area contributed by atoms with Gasteiger partial charge in [-0.25, -0.2) is 19.2 Å². The van der Waals surface area contributed by atoms with Crippen molar-refractivity contribution in [2.45, 2.75) is 23.0 Å². The number of methoxy groups -OCH3 is 2. The molecule has 0 unspecified atom stereocenters. The van der Waals surface area contributed by atoms with E-state index in [1.807, 2.05) is 196 Å². The predicted octanol–water partition coefficient (Wildman–Crippen LogP) is 18.3. The van der Waals surface area contributed by atoms with E-state index in [-0.39, 0.29) is 67.0 Å². The van der Waals surface area contributed by atoms with E-state index in [0.717, 1.165) is 43.5 Å². The van der Waals surface area contributed by atoms with Gasteiger partial charge in [0.2, 0.25) is 0 Å². The highest BCUT2D eigenvalue weighted by molar-refractivity contribution is 8.77. The maximum atomic E-state index is 10.8. The van der Waals surface area contributed by atoms with Crippen LogP contribution in [0.2, 0.25) is 0 Å². The van der Waals surface area contributed by atoms with Crippen molar-refractivity contribution >= 4 is 240 Å². The Kier molecular flexibility index (Phi) is 155. The van der Waals surface area contributed by atoms with Gasteiger partial charge in [0.15, 0.2) is 0 Å². The van der Waals surface area contributed by atoms with Crippen molar-refractivity contribution in [2.24, 2.45) is 0 Å². The molecule has 4 aliphatic rings. The Morgan fingerprint density at radius 2 is 0.670 bits per heavy atom. The van der Waals surface area contributed by atoms with E-state index in [0.29, 0.717) is 19.8 Å². The molecule has 2 aliphatic carbocycles. The second-order valence-corrected chi connectivity index (χ2v) is 31.5. The summed E-state index contributed by atoms with van der Waals surface area (Å²) in [5.74, 6) is 7.31. The minimum atomic E-state index is -0.655. The first-order valence-corrected chi connectivity index (χ1v) is 46.2. The van der Waals surface area contributed by atoms with Gasteiger partial charge in [-0.3, -0.25) is 0 Å². The number of thioether (sulfide) groups is 6. The topological polar surface area (TPSA) is 284 Å². The van der Waals surface area contributed by atoms with Crippen molar-refractivity contribution in [3.63, 3.8) is 0 Å². The van der Waals surface area contributed by atoms with Crippen molar-refractivity contribution in [3.05, 3.63) is 162 Å². The lowest BCUT2D eigenvalue weighted by Gasteiger charge is -2.04. The SMILES string of the molecule is C1CS1.C1CS1.C=C1C=CC(=S)C=C1.C=C1C=CC(=S)C=C1.CNC(=O)OCCSSC.CNC(=O)OCc1ccc(SSC)cc1.COC(=O)OCCSSC.COC(=O)OCc1ccc(SSC)cc1.CSC.CSC.CSC.CSC.O=C=O.O=C=O.O=C=O.O=C=O.[CH3-].[CH3-].[CH3-].[CH3-]. The quantitative estimate of drug-likeness (QED) is 0.0300. The van der Waals surface area contributed by atoms with Gasteiger partial charge < -0.3 is 68.8 Å². The van der Waals surface area contributed by atoms with Crippen molar-refractivity contribution in [2.75, 3.05) is 151 Å². The summed E-state index contributed by atoms with van der Waals surface area (Å²) in [5, 5.41) is 4.76. The molecule has 0 radical (unpaired) electrons. The normalized spacial score (nSPS) is 10.0. The molecule has 2 aromatic rings. The number of hydrogen-bond donors (Lipinski definition) is 2. The first-order chi connectivity index (χ1) is 46.0. The van der Waals surface area contributed by atoms with Crippen LogP contribution in [0.3, 0.4) is 0 Å². The molecule has 2 N–H and O–H groups in total. The Morgan fingerprint density at radius 3 is 0.890 bits per heavy atom. The number of amides is 2. The molecule has 2 aliphatic heterocycles. The summed E-state index contributed by atoms with van der Waals surface area (Å²) in [7, 11) is 19.1. The summed E-state index contributed by atoms with van der Waals surface area (Å²) in [6, 6.07) is 15.8. The molecule has 576 valence electrons. The molecule has 100 heavy (non-hydrogen) atoms. The molecule has 6 rings (SSSR count). The maximum Gasteiger partial charge on any atom is 0.508 e. The number of nitrogens with one attached hydrogen (secondary N) is 2. The molecule has 2 aromatic carbocycles. The van der Waals surface area contributed by atoms with Crippen LogP contribution in [0.25, 0.3) is 0 Å². The minimum absolute atomic E-state index is 0. The molecule has 2 fully saturated rings. The Hall–Kier alpha value is -3.44. The van der Waals surface area contributed by atoms with Gasteiger partial charge in [0.25, 0.3) is 0 Å². The van der Waals surface area contributed by atoms with Gasteiger partial charge in [-0.05, 0) is 146 Å². The van der Waals surface area contributed by atoms with Crippen LogP contribution >= 0.6 is 181 Å². The molecular formula is C64H102N2O18S16-4. The fourth-order valence-corrected chi connectivity index (χ4v) is 8.52. The first kappa shape index (κ1) is 129. The van der Waals surface area contributed by atoms with Crippen LogP contribution in [-0.4, -0.2) is 210 Å². The smallest absolute Gasteiger partial charge is 0.449 e. The van der Waals surface area contributed by atoms with E-state index < -0.39 is 18.4 Å². The molecule has 0 saturated carbocycles. The van der Waals surface area contributed by atoms with E-state index in [9.17, 15) is 19.2 Å². The Morgan fingerprint density at radius 1 is 0.430 bits per heavy atom. The zero-order chi connectivity index (χ0) is 75.7. The molecule has 2 amide bonds. The van der Waals surface area contributed by atoms with Crippen molar-refractivity contribution < 1.29 is 86.0 Å². The van der Waals surface area contributed by atoms with Gasteiger partial charge in [0.05, 0.1) is 14.2 Å². The van der Waals surface area contributed by atoms with Crippen LogP contribution in [0, 0.1) is 29.7 Å². The first-order valence-electron chi connectivity index (χ1n) is 26.0. The minimum Gasteiger partial charge on any atom is -0.449 e. The summed E-state index contributed by atoms with van der Waals surface area (Å²) >= 11 is 20.7. The second kappa shape index (κ2) is 119. The number of rotatable bonds is 16. The molecule has 0 aromatic heterocycles. The van der Waals surface area contributed by atoms with Crippen LogP contribution in [-0.2, 0) is 80.0 Å². The number of hydrogen-bond acceptors (Lipinski definition) is 34. The van der Waals surface area contributed by atoms with Gasteiger partial charge in [-0.15, -0.1) is 0 Å². The zero-order valence-corrected chi connectivity index (χ0v) is 73.7. The molecule has 2 saturated heterocycles. The molecule has 36 heteroatoms. The van der Waals surface area contributed by atoms with Crippen molar-refractivity contribution in [3.8, 4) is 0 Å². The van der Waals surface area contributed by atoms with E-state index >= 15 is 0 Å². The third-order valence-electron chi connectivity index (χ3n) is 6.95. The van der Waals surface area contributed by atoms with E-state index in [4.69, 9.17) is 77.0 Å². The van der Waals surface area contributed by atoms with E-state index in [1.54, 1.807) is 147 Å². The number of benzene rings is 2. The highest BCUT2D eigenvalue weighted by atomic mass is 33.1. The van der Waals surface area contributed by atoms with Crippen LogP contribution in [0.5, 0.6) is 0 Å². The average Bonchev–Trinajstić information content (AvgIpc) is 1.12. The average molecular weight is 1700 g/mol. The summed E-state index contributed by atoms with van der Waals surface area (Å²) in [5.41, 5.74) is 3.96. The Bertz CT molecular complexity index is 2180. The van der Waals surface area contributed by atoms with Gasteiger partial charge in [0, 0.05) is 68.1 Å².